The number of nitrogens with two attached hydrogens (primary N) is 2. The molecule has 4 unspecified atom stereocenters. The maximum absolute atomic E-state index is 13.3. The van der Waals surface area contributed by atoms with Crippen LogP contribution in [0, 0.1) is 5.92 Å². The lowest BCUT2D eigenvalue weighted by atomic mass is 10.0. The van der Waals surface area contributed by atoms with E-state index >= 15 is 0 Å². The van der Waals surface area contributed by atoms with Gasteiger partial charge in [-0.3, -0.25) is 19.2 Å². The number of nitrogens with one attached hydrogen (secondary N) is 5. The standard InChI is InChI=1S/C22H33N9O6/c1-11(2)3-17(22(36)37)31-21(35)16(5-13-8-26-10-28-13)30-20(34)15(4-12-7-25-9-27-12)29-19(33)14(23)6-18(24)32/h7-11,14-17H,3-6,23H2,1-2H3,(H2,24,32)(H,25,27)(H,26,28)(H,29,33)(H,30,34)(H,31,35)(H,36,37). The fraction of sp³-hybridized carbons (Fsp3) is 0.500. The summed E-state index contributed by atoms with van der Waals surface area (Å²) in [5, 5.41) is 17.0. The fourth-order valence-corrected chi connectivity index (χ4v) is 3.48. The van der Waals surface area contributed by atoms with Gasteiger partial charge in [-0.15, -0.1) is 0 Å². The third kappa shape index (κ3) is 9.71. The lowest BCUT2D eigenvalue weighted by Crippen LogP contribution is -2.58. The first kappa shape index (κ1) is 29.0. The minimum absolute atomic E-state index is 0.0133. The zero-order chi connectivity index (χ0) is 27.5. The van der Waals surface area contributed by atoms with Crippen molar-refractivity contribution in [2.75, 3.05) is 0 Å². The van der Waals surface area contributed by atoms with Gasteiger partial charge < -0.3 is 42.5 Å². The smallest absolute Gasteiger partial charge is 0.326 e. The van der Waals surface area contributed by atoms with E-state index in [1.807, 2.05) is 13.8 Å². The summed E-state index contributed by atoms with van der Waals surface area (Å²) < 4.78 is 0. The third-order valence-electron chi connectivity index (χ3n) is 5.30. The van der Waals surface area contributed by atoms with E-state index in [1.54, 1.807) is 0 Å². The minimum atomic E-state index is -1.29. The van der Waals surface area contributed by atoms with E-state index in [2.05, 4.69) is 35.9 Å². The van der Waals surface area contributed by atoms with Gasteiger partial charge >= 0.3 is 5.97 Å². The average Bonchev–Trinajstić information content (AvgIpc) is 3.51. The van der Waals surface area contributed by atoms with Crippen molar-refractivity contribution >= 4 is 29.6 Å². The largest absolute Gasteiger partial charge is 0.480 e. The molecule has 202 valence electrons. The molecule has 15 heteroatoms. The molecule has 2 rings (SSSR count). The second-order valence-electron chi connectivity index (χ2n) is 8.99. The van der Waals surface area contributed by atoms with Crippen molar-refractivity contribution < 1.29 is 29.1 Å². The van der Waals surface area contributed by atoms with Gasteiger partial charge in [0.25, 0.3) is 0 Å². The highest BCUT2D eigenvalue weighted by molar-refractivity contribution is 5.95. The molecular weight excluding hydrogens is 486 g/mol. The molecule has 37 heavy (non-hydrogen) atoms. The minimum Gasteiger partial charge on any atom is -0.480 e. The average molecular weight is 520 g/mol. The number of carbonyl (C=O) groups is 5. The van der Waals surface area contributed by atoms with E-state index in [1.165, 1.54) is 25.0 Å². The summed E-state index contributed by atoms with van der Waals surface area (Å²) in [6, 6.07) is -4.87. The quantitative estimate of drug-likeness (QED) is 0.126. The lowest BCUT2D eigenvalue weighted by molar-refractivity contribution is -0.142. The van der Waals surface area contributed by atoms with Gasteiger partial charge in [-0.1, -0.05) is 13.8 Å². The van der Waals surface area contributed by atoms with Gasteiger partial charge in [0.1, 0.15) is 18.1 Å². The van der Waals surface area contributed by atoms with Gasteiger partial charge in [0, 0.05) is 36.6 Å². The van der Waals surface area contributed by atoms with Crippen LogP contribution in [0.3, 0.4) is 0 Å². The summed E-state index contributed by atoms with van der Waals surface area (Å²) in [5.41, 5.74) is 11.8. The Labute approximate surface area is 212 Å². The Kier molecular flexibility index (Phi) is 10.7. The molecule has 0 spiro atoms. The van der Waals surface area contributed by atoms with E-state index in [-0.39, 0.29) is 25.2 Å². The third-order valence-corrected chi connectivity index (χ3v) is 5.30. The number of H-pyrrole nitrogens is 2. The van der Waals surface area contributed by atoms with Crippen molar-refractivity contribution in [2.24, 2.45) is 17.4 Å². The summed E-state index contributed by atoms with van der Waals surface area (Å²) in [5.74, 6) is -4.28. The van der Waals surface area contributed by atoms with Crippen LogP contribution in [-0.4, -0.2) is 78.8 Å². The number of imidazole rings is 2. The van der Waals surface area contributed by atoms with Crippen LogP contribution in [0.4, 0.5) is 0 Å². The van der Waals surface area contributed by atoms with Crippen LogP contribution in [-0.2, 0) is 36.8 Å². The van der Waals surface area contributed by atoms with Gasteiger partial charge in [-0.25, -0.2) is 14.8 Å². The number of carboxylic acid groups (broad SMARTS) is 1. The highest BCUT2D eigenvalue weighted by atomic mass is 16.4. The number of primary amides is 1. The first-order valence-electron chi connectivity index (χ1n) is 11.6. The van der Waals surface area contributed by atoms with Crippen molar-refractivity contribution in [1.29, 1.82) is 0 Å². The number of hydrogen-bond acceptors (Lipinski definition) is 8. The summed E-state index contributed by atoms with van der Waals surface area (Å²) in [6.45, 7) is 3.63. The maximum atomic E-state index is 13.3. The second-order valence-corrected chi connectivity index (χ2v) is 8.99. The Bertz CT molecular complexity index is 1050. The Morgan fingerprint density at radius 2 is 1.32 bits per heavy atom. The first-order chi connectivity index (χ1) is 17.5. The van der Waals surface area contributed by atoms with E-state index in [4.69, 9.17) is 11.5 Å². The molecule has 0 aliphatic heterocycles. The van der Waals surface area contributed by atoms with Crippen LogP contribution in [0.25, 0.3) is 0 Å². The van der Waals surface area contributed by atoms with Gasteiger partial charge in [-0.2, -0.15) is 0 Å². The molecular formula is C22H33N9O6. The molecule has 0 saturated heterocycles. The van der Waals surface area contributed by atoms with E-state index < -0.39 is 60.2 Å². The van der Waals surface area contributed by atoms with Crippen molar-refractivity contribution in [1.82, 2.24) is 35.9 Å². The number of aromatic nitrogens is 4. The number of carbonyl (C=O) groups excluding carboxylic acids is 4. The highest BCUT2D eigenvalue weighted by Gasteiger charge is 2.31. The fourth-order valence-electron chi connectivity index (χ4n) is 3.48. The Hall–Kier alpha value is -4.27. The van der Waals surface area contributed by atoms with Gasteiger partial charge in [0.05, 0.1) is 25.1 Å². The molecule has 0 aliphatic carbocycles. The summed E-state index contributed by atoms with van der Waals surface area (Å²) >= 11 is 0. The van der Waals surface area contributed by atoms with Crippen LogP contribution in [0.15, 0.2) is 25.0 Å². The van der Waals surface area contributed by atoms with Crippen LogP contribution >= 0.6 is 0 Å². The Morgan fingerprint density at radius 1 is 0.865 bits per heavy atom. The van der Waals surface area contributed by atoms with Gasteiger partial charge in [0.15, 0.2) is 0 Å². The van der Waals surface area contributed by atoms with Crippen molar-refractivity contribution in [3.05, 3.63) is 36.4 Å². The molecule has 2 aromatic heterocycles. The summed E-state index contributed by atoms with van der Waals surface area (Å²) in [6.07, 6.45) is 5.38. The predicted octanol–water partition coefficient (Wildman–Crippen LogP) is -2.29. The number of amides is 4. The molecule has 2 aromatic rings. The highest BCUT2D eigenvalue weighted by Crippen LogP contribution is 2.08. The lowest BCUT2D eigenvalue weighted by Gasteiger charge is -2.25. The SMILES string of the molecule is CC(C)CC(NC(=O)C(Cc1cnc[nH]1)NC(=O)C(Cc1cnc[nH]1)NC(=O)C(N)CC(N)=O)C(=O)O. The Morgan fingerprint density at radius 3 is 1.70 bits per heavy atom. The second kappa shape index (κ2) is 13.7. The van der Waals surface area contributed by atoms with Crippen molar-refractivity contribution in [3.8, 4) is 0 Å². The summed E-state index contributed by atoms with van der Waals surface area (Å²) in [4.78, 5) is 75.1. The van der Waals surface area contributed by atoms with Crippen LogP contribution in [0.1, 0.15) is 38.1 Å². The monoisotopic (exact) mass is 519 g/mol. The van der Waals surface area contributed by atoms with E-state index in [0.29, 0.717) is 11.4 Å². The number of aromatic amines is 2. The van der Waals surface area contributed by atoms with Crippen LogP contribution < -0.4 is 27.4 Å². The molecule has 0 saturated carbocycles. The first-order valence-corrected chi connectivity index (χ1v) is 11.6. The molecule has 4 amide bonds. The zero-order valence-electron chi connectivity index (χ0n) is 20.6. The van der Waals surface area contributed by atoms with Crippen molar-refractivity contribution in [3.63, 3.8) is 0 Å². The molecule has 4 atom stereocenters. The zero-order valence-corrected chi connectivity index (χ0v) is 20.6. The maximum Gasteiger partial charge on any atom is 0.326 e. The van der Waals surface area contributed by atoms with E-state index in [9.17, 15) is 29.1 Å². The van der Waals surface area contributed by atoms with Gasteiger partial charge in [0.2, 0.25) is 23.6 Å². The summed E-state index contributed by atoms with van der Waals surface area (Å²) in [7, 11) is 0. The van der Waals surface area contributed by atoms with E-state index in [0.717, 1.165) is 0 Å². The number of aliphatic carboxylic acids is 1. The van der Waals surface area contributed by atoms with Crippen LogP contribution in [0.5, 0.6) is 0 Å². The number of carboxylic acids is 1. The molecule has 10 N–H and O–H groups in total. The topological polar surface area (TPSA) is 251 Å². The molecule has 0 bridgehead atoms. The number of hydrogen-bond donors (Lipinski definition) is 8. The molecule has 0 aliphatic rings. The molecule has 2 heterocycles. The molecule has 0 fully saturated rings. The van der Waals surface area contributed by atoms with Crippen LogP contribution in [0.2, 0.25) is 0 Å². The predicted molar refractivity (Wildman–Crippen MR) is 129 cm³/mol. The normalized spacial score (nSPS) is 14.3. The molecule has 15 nitrogen and oxygen atoms in total. The number of rotatable bonds is 15. The number of nitrogens with zero attached hydrogens (tertiary/aromatic N) is 2. The molecule has 0 radical (unpaired) electrons. The van der Waals surface area contributed by atoms with Gasteiger partial charge in [-0.05, 0) is 12.3 Å². The van der Waals surface area contributed by atoms with Crippen molar-refractivity contribution in [2.45, 2.75) is 63.7 Å². The Balaban J connectivity index is 2.24. The molecule has 0 aromatic carbocycles.